The van der Waals surface area contributed by atoms with E-state index >= 15 is 0 Å². The lowest BCUT2D eigenvalue weighted by molar-refractivity contribution is 0.592. The molecule has 0 saturated heterocycles. The van der Waals surface area contributed by atoms with Crippen molar-refractivity contribution in [3.8, 4) is 39.1 Å². The van der Waals surface area contributed by atoms with E-state index in [9.17, 15) is 0 Å². The van der Waals surface area contributed by atoms with Gasteiger partial charge < -0.3 is 18.5 Å². The number of aromatic nitrogens is 2. The number of allylic oxidation sites excluding steroid dienone is 3. The molecule has 0 spiro atoms. The van der Waals surface area contributed by atoms with Crippen LogP contribution in [0.15, 0.2) is 253 Å². The molecule has 2 aliphatic rings. The monoisotopic (exact) mass is 947 g/mol. The zero-order valence-electron chi connectivity index (χ0n) is 41.1. The normalized spacial score (nSPS) is 13.6. The number of nitrogens with zero attached hydrogens (tertiary/aromatic N) is 3. The van der Waals surface area contributed by atoms with E-state index in [4.69, 9.17) is 4.42 Å². The van der Waals surface area contributed by atoms with Crippen LogP contribution in [0.3, 0.4) is 0 Å². The van der Waals surface area contributed by atoms with Gasteiger partial charge in [0.2, 0.25) is 0 Å². The van der Waals surface area contributed by atoms with E-state index in [2.05, 4.69) is 277 Å². The summed E-state index contributed by atoms with van der Waals surface area (Å²) in [6.07, 6.45) is 7.48. The van der Waals surface area contributed by atoms with Gasteiger partial charge in [0.25, 0.3) is 0 Å². The Morgan fingerprint density at radius 1 is 0.432 bits per heavy atom. The Morgan fingerprint density at radius 2 is 0.986 bits per heavy atom. The molecule has 0 atom stereocenters. The molecule has 0 amide bonds. The number of hydrogen-bond acceptors (Lipinski definition) is 2. The Hall–Kier alpha value is -9.38. The lowest BCUT2D eigenvalue weighted by atomic mass is 9.82. The van der Waals surface area contributed by atoms with Gasteiger partial charge in [-0.05, 0) is 112 Å². The maximum atomic E-state index is 7.38. The van der Waals surface area contributed by atoms with Gasteiger partial charge >= 0.3 is 0 Å². The Kier molecular flexibility index (Phi) is 9.33. The van der Waals surface area contributed by atoms with Crippen LogP contribution in [0.4, 0.5) is 17.1 Å². The molecule has 4 heteroatoms. The lowest BCUT2D eigenvalue weighted by Gasteiger charge is -2.28. The van der Waals surface area contributed by atoms with Crippen LogP contribution in [-0.4, -0.2) is 9.13 Å². The second kappa shape index (κ2) is 16.3. The number of hydrogen-bond donors (Lipinski definition) is 0. The van der Waals surface area contributed by atoms with Gasteiger partial charge in [0.05, 0.1) is 27.8 Å². The second-order valence-electron chi connectivity index (χ2n) is 20.4. The summed E-state index contributed by atoms with van der Waals surface area (Å²) < 4.78 is 12.3. The average Bonchev–Trinajstić information content (AvgIpc) is 4.13. The highest BCUT2D eigenvalue weighted by molar-refractivity contribution is 6.24. The van der Waals surface area contributed by atoms with Crippen molar-refractivity contribution < 1.29 is 4.42 Å². The Morgan fingerprint density at radius 3 is 1.72 bits per heavy atom. The summed E-state index contributed by atoms with van der Waals surface area (Å²) >= 11 is 0. The van der Waals surface area contributed by atoms with Gasteiger partial charge in [-0.15, -0.1) is 0 Å². The average molecular weight is 948 g/mol. The van der Waals surface area contributed by atoms with Crippen LogP contribution in [0.5, 0.6) is 0 Å². The van der Waals surface area contributed by atoms with Crippen molar-refractivity contribution in [1.29, 1.82) is 0 Å². The van der Waals surface area contributed by atoms with Gasteiger partial charge in [0.1, 0.15) is 5.58 Å². The molecular weight excluding hydrogens is 899 g/mol. The van der Waals surface area contributed by atoms with Gasteiger partial charge in [-0.1, -0.05) is 196 Å². The highest BCUT2D eigenvalue weighted by atomic mass is 16.3. The van der Waals surface area contributed by atoms with E-state index in [1.54, 1.807) is 0 Å². The summed E-state index contributed by atoms with van der Waals surface area (Å²) in [4.78, 5) is 2.40. The predicted octanol–water partition coefficient (Wildman–Crippen LogP) is 18.7. The molecule has 3 heterocycles. The van der Waals surface area contributed by atoms with Gasteiger partial charge in [-0.3, -0.25) is 0 Å². The minimum Gasteiger partial charge on any atom is -0.454 e. The van der Waals surface area contributed by atoms with Gasteiger partial charge in [-0.25, -0.2) is 0 Å². The minimum atomic E-state index is -0.130. The second-order valence-corrected chi connectivity index (χ2v) is 20.4. The van der Waals surface area contributed by atoms with E-state index in [1.165, 1.54) is 71.5 Å². The molecule has 0 aliphatic heterocycles. The molecule has 10 aromatic carbocycles. The molecule has 2 aliphatic carbocycles. The molecule has 0 bridgehead atoms. The van der Waals surface area contributed by atoms with Gasteiger partial charge in [-0.2, -0.15) is 0 Å². The maximum absolute atomic E-state index is 7.38. The molecule has 0 fully saturated rings. The molecule has 15 rings (SSSR count). The molecule has 3 aromatic heterocycles. The van der Waals surface area contributed by atoms with Crippen LogP contribution in [0, 0.1) is 0 Å². The fourth-order valence-corrected chi connectivity index (χ4v) is 12.5. The molecule has 0 N–H and O–H groups in total. The maximum Gasteiger partial charge on any atom is 0.155 e. The zero-order chi connectivity index (χ0) is 49.1. The number of para-hydroxylation sites is 4. The first-order chi connectivity index (χ1) is 36.5. The van der Waals surface area contributed by atoms with Crippen molar-refractivity contribution >= 4 is 77.3 Å². The first kappa shape index (κ1) is 42.3. The number of furan rings is 1. The quantitative estimate of drug-likeness (QED) is 0.159. The van der Waals surface area contributed by atoms with Crippen LogP contribution < -0.4 is 4.90 Å². The molecule has 4 nitrogen and oxygen atoms in total. The Balaban J connectivity index is 0.878. The fourth-order valence-electron chi connectivity index (χ4n) is 12.5. The van der Waals surface area contributed by atoms with Crippen LogP contribution in [0.25, 0.3) is 99.3 Å². The molecular formula is C70H49N3O. The van der Waals surface area contributed by atoms with Crippen molar-refractivity contribution in [2.75, 3.05) is 4.90 Å². The van der Waals surface area contributed by atoms with Crippen LogP contribution in [-0.2, 0) is 11.8 Å². The smallest absolute Gasteiger partial charge is 0.155 e. The zero-order valence-corrected chi connectivity index (χ0v) is 41.1. The number of rotatable bonds is 7. The fraction of sp³-hybridized carbons (Fsp3) is 0.0571. The molecule has 13 aromatic rings. The molecule has 350 valence electrons. The molecule has 0 saturated carbocycles. The third kappa shape index (κ3) is 6.28. The number of benzene rings is 10. The van der Waals surface area contributed by atoms with Crippen molar-refractivity contribution in [2.24, 2.45) is 0 Å². The summed E-state index contributed by atoms with van der Waals surface area (Å²) in [5.74, 6) is 0.892. The largest absolute Gasteiger partial charge is 0.454 e. The van der Waals surface area contributed by atoms with Crippen molar-refractivity contribution in [1.82, 2.24) is 9.13 Å². The third-order valence-corrected chi connectivity index (χ3v) is 16.0. The summed E-state index contributed by atoms with van der Waals surface area (Å²) in [5.41, 5.74) is 22.0. The SMILES string of the molecule is CC1(C)c2ccccc2-c2ccc(N(c3ccc(-c4ccccc4)cc3)c3ccc(-c4cccc5c6c(oc45)C(n4c5ccccc5c5ccc7c8ccccc8n(-c8ccccc8)c7c54)=CC=CC6)cc3)cc21. The number of anilines is 3. The number of fused-ring (bicyclic) bond motifs is 13. The summed E-state index contributed by atoms with van der Waals surface area (Å²) in [7, 11) is 0. The first-order valence-electron chi connectivity index (χ1n) is 25.7. The standard InChI is InChI=1S/C70H49N3O/c1-70(2)61-28-13-9-22-53(61)54-41-40-51(44-62(54)70)71(49-36-32-46(33-37-49)45-18-5-3-6-19-45)50-38-34-47(35-39-50)52-26-17-27-59-60-25-12-16-31-65(69(60)74-68(52)59)73-64-30-15-11-24-56(64)58-43-42-57-55-23-10-14-29-63(55)72(66(57)67(58)73)48-20-7-4-8-21-48/h3-24,26-44H,25H2,1-2H3. The predicted molar refractivity (Wildman–Crippen MR) is 309 cm³/mol. The van der Waals surface area contributed by atoms with Crippen LogP contribution in [0.2, 0.25) is 0 Å². The molecule has 74 heavy (non-hydrogen) atoms. The van der Waals surface area contributed by atoms with Crippen LogP contribution >= 0.6 is 0 Å². The highest BCUT2D eigenvalue weighted by Gasteiger charge is 2.36. The summed E-state index contributed by atoms with van der Waals surface area (Å²) in [5, 5.41) is 5.98. The van der Waals surface area contributed by atoms with Crippen molar-refractivity contribution in [2.45, 2.75) is 25.7 Å². The van der Waals surface area contributed by atoms with E-state index in [1.807, 2.05) is 0 Å². The topological polar surface area (TPSA) is 26.2 Å². The van der Waals surface area contributed by atoms with Crippen LogP contribution in [0.1, 0.15) is 36.3 Å². The van der Waals surface area contributed by atoms with E-state index in [-0.39, 0.29) is 5.41 Å². The van der Waals surface area contributed by atoms with Gasteiger partial charge in [0, 0.05) is 66.2 Å². The summed E-state index contributed by atoms with van der Waals surface area (Å²) in [6.45, 7) is 4.71. The van der Waals surface area contributed by atoms with Crippen molar-refractivity contribution in [3.05, 3.63) is 271 Å². The summed E-state index contributed by atoms with van der Waals surface area (Å²) in [6, 6.07) is 84.2. The Labute approximate surface area is 429 Å². The minimum absolute atomic E-state index is 0.130. The first-order valence-corrected chi connectivity index (χ1v) is 25.7. The Bertz CT molecular complexity index is 4450. The molecule has 0 radical (unpaired) electrons. The van der Waals surface area contributed by atoms with Gasteiger partial charge in [0.15, 0.2) is 5.76 Å². The highest BCUT2D eigenvalue weighted by Crippen LogP contribution is 2.51. The van der Waals surface area contributed by atoms with Crippen molar-refractivity contribution in [3.63, 3.8) is 0 Å². The lowest BCUT2D eigenvalue weighted by Crippen LogP contribution is -2.16. The van der Waals surface area contributed by atoms with E-state index in [0.717, 1.165) is 73.8 Å². The van der Waals surface area contributed by atoms with E-state index < -0.39 is 0 Å². The molecule has 0 unspecified atom stereocenters. The third-order valence-electron chi connectivity index (χ3n) is 16.0. The van der Waals surface area contributed by atoms with E-state index in [0.29, 0.717) is 0 Å².